The van der Waals surface area contributed by atoms with Crippen LogP contribution >= 0.6 is 11.6 Å². The second-order valence-electron chi connectivity index (χ2n) is 3.87. The second-order valence-corrected chi connectivity index (χ2v) is 4.25. The lowest BCUT2D eigenvalue weighted by molar-refractivity contribution is 0.291. The zero-order chi connectivity index (χ0) is 10.7. The first-order chi connectivity index (χ1) is 7.31. The summed E-state index contributed by atoms with van der Waals surface area (Å²) >= 11 is 6.07. The average Bonchev–Trinajstić information content (AvgIpc) is 3.04. The van der Waals surface area contributed by atoms with Gasteiger partial charge in [0.15, 0.2) is 0 Å². The molecular weight excluding hydrogens is 212 g/mol. The summed E-state index contributed by atoms with van der Waals surface area (Å²) in [5, 5.41) is 0.552. The molecule has 2 rings (SSSR count). The minimum absolute atomic E-state index is 0.417. The largest absolute Gasteiger partial charge is 0.477 e. The van der Waals surface area contributed by atoms with Crippen molar-refractivity contribution in [3.63, 3.8) is 0 Å². The van der Waals surface area contributed by atoms with Crippen molar-refractivity contribution in [2.24, 2.45) is 11.7 Å². The van der Waals surface area contributed by atoms with Crippen molar-refractivity contribution in [1.29, 1.82) is 0 Å². The monoisotopic (exact) mass is 226 g/mol. The Balaban J connectivity index is 1.93. The van der Waals surface area contributed by atoms with E-state index in [1.165, 1.54) is 12.8 Å². The lowest BCUT2D eigenvalue weighted by Gasteiger charge is -2.08. The number of hydrogen-bond acceptors (Lipinski definition) is 3. The fourth-order valence-electron chi connectivity index (χ4n) is 1.45. The maximum atomic E-state index is 6.07. The predicted molar refractivity (Wildman–Crippen MR) is 60.0 cm³/mol. The van der Waals surface area contributed by atoms with Gasteiger partial charge in [0.2, 0.25) is 5.88 Å². The van der Waals surface area contributed by atoms with Crippen LogP contribution in [0.4, 0.5) is 0 Å². The van der Waals surface area contributed by atoms with Gasteiger partial charge in [-0.05, 0) is 24.0 Å². The van der Waals surface area contributed by atoms with Crippen LogP contribution in [-0.2, 0) is 6.54 Å². The molecule has 1 aliphatic rings. The number of ether oxygens (including phenoxy) is 1. The number of hydrogen-bond donors (Lipinski definition) is 1. The van der Waals surface area contributed by atoms with Crippen LogP contribution in [0.2, 0.25) is 5.02 Å². The molecule has 1 aromatic heterocycles. The molecule has 0 bridgehead atoms. The van der Waals surface area contributed by atoms with Gasteiger partial charge in [-0.15, -0.1) is 0 Å². The van der Waals surface area contributed by atoms with E-state index in [2.05, 4.69) is 4.98 Å². The highest BCUT2D eigenvalue weighted by Gasteiger charge is 2.21. The summed E-state index contributed by atoms with van der Waals surface area (Å²) in [6.45, 7) is 1.12. The standard InChI is InChI=1S/C11H15ClN2O/c12-10-9(7-13)3-5-14-11(10)15-6-4-8-1-2-8/h3,5,8H,1-2,4,6-7,13H2. The van der Waals surface area contributed by atoms with Crippen LogP contribution < -0.4 is 10.5 Å². The summed E-state index contributed by atoms with van der Waals surface area (Å²) in [6, 6.07) is 1.82. The van der Waals surface area contributed by atoms with Crippen molar-refractivity contribution >= 4 is 11.6 Å². The molecule has 1 aromatic rings. The number of nitrogens with zero attached hydrogens (tertiary/aromatic N) is 1. The van der Waals surface area contributed by atoms with E-state index in [1.807, 2.05) is 6.07 Å². The Hall–Kier alpha value is -0.800. The molecule has 82 valence electrons. The quantitative estimate of drug-likeness (QED) is 0.839. The number of nitrogens with two attached hydrogens (primary N) is 1. The molecule has 1 aliphatic carbocycles. The van der Waals surface area contributed by atoms with Crippen molar-refractivity contribution in [2.45, 2.75) is 25.8 Å². The van der Waals surface area contributed by atoms with Gasteiger partial charge in [-0.1, -0.05) is 24.4 Å². The van der Waals surface area contributed by atoms with Gasteiger partial charge in [0.05, 0.1) is 6.61 Å². The normalized spacial score (nSPS) is 15.3. The molecule has 15 heavy (non-hydrogen) atoms. The fraction of sp³-hybridized carbons (Fsp3) is 0.545. The summed E-state index contributed by atoms with van der Waals surface area (Å²) in [6.07, 6.45) is 5.46. The highest BCUT2D eigenvalue weighted by molar-refractivity contribution is 6.32. The van der Waals surface area contributed by atoms with E-state index in [1.54, 1.807) is 6.20 Å². The summed E-state index contributed by atoms with van der Waals surface area (Å²) in [4.78, 5) is 4.09. The molecule has 0 spiro atoms. The Kier molecular flexibility index (Phi) is 3.44. The van der Waals surface area contributed by atoms with Crippen molar-refractivity contribution in [2.75, 3.05) is 6.61 Å². The Morgan fingerprint density at radius 3 is 3.00 bits per heavy atom. The molecule has 1 fully saturated rings. The lowest BCUT2D eigenvalue weighted by atomic mass is 10.2. The SMILES string of the molecule is NCc1ccnc(OCCC2CC2)c1Cl. The number of halogens is 1. The van der Waals surface area contributed by atoms with Gasteiger partial charge in [-0.25, -0.2) is 4.98 Å². The molecule has 0 aromatic carbocycles. The Morgan fingerprint density at radius 1 is 1.53 bits per heavy atom. The molecule has 1 heterocycles. The third-order valence-corrected chi connectivity index (χ3v) is 3.02. The molecule has 4 heteroatoms. The van der Waals surface area contributed by atoms with Crippen LogP contribution in [0.3, 0.4) is 0 Å². The van der Waals surface area contributed by atoms with E-state index in [0.717, 1.165) is 17.9 Å². The lowest BCUT2D eigenvalue weighted by Crippen LogP contribution is -2.03. The minimum atomic E-state index is 0.417. The molecule has 1 saturated carbocycles. The van der Waals surface area contributed by atoms with E-state index < -0.39 is 0 Å². The second kappa shape index (κ2) is 4.81. The number of rotatable bonds is 5. The number of aromatic nitrogens is 1. The molecule has 3 nitrogen and oxygen atoms in total. The summed E-state index contributed by atoms with van der Waals surface area (Å²) in [7, 11) is 0. The fourth-order valence-corrected chi connectivity index (χ4v) is 1.69. The number of pyridine rings is 1. The van der Waals surface area contributed by atoms with Crippen molar-refractivity contribution in [3.05, 3.63) is 22.8 Å². The van der Waals surface area contributed by atoms with E-state index in [9.17, 15) is 0 Å². The Morgan fingerprint density at radius 2 is 2.33 bits per heavy atom. The van der Waals surface area contributed by atoms with E-state index in [4.69, 9.17) is 22.1 Å². The van der Waals surface area contributed by atoms with Gasteiger partial charge >= 0.3 is 0 Å². The van der Waals surface area contributed by atoms with Crippen LogP contribution in [0.1, 0.15) is 24.8 Å². The van der Waals surface area contributed by atoms with Crippen molar-refractivity contribution in [1.82, 2.24) is 4.98 Å². The molecular formula is C11H15ClN2O. The molecule has 0 aliphatic heterocycles. The maximum Gasteiger partial charge on any atom is 0.232 e. The first-order valence-electron chi connectivity index (χ1n) is 5.27. The third-order valence-electron chi connectivity index (χ3n) is 2.62. The molecule has 0 radical (unpaired) electrons. The van der Waals surface area contributed by atoms with E-state index in [0.29, 0.717) is 24.1 Å². The molecule has 2 N–H and O–H groups in total. The first-order valence-corrected chi connectivity index (χ1v) is 5.65. The Labute approximate surface area is 94.6 Å². The van der Waals surface area contributed by atoms with Crippen molar-refractivity contribution < 1.29 is 4.74 Å². The summed E-state index contributed by atoms with van der Waals surface area (Å²) in [5.41, 5.74) is 6.42. The molecule has 0 unspecified atom stereocenters. The topological polar surface area (TPSA) is 48.1 Å². The van der Waals surface area contributed by atoms with Crippen LogP contribution in [0.15, 0.2) is 12.3 Å². The molecule has 0 atom stereocenters. The van der Waals surface area contributed by atoms with Crippen LogP contribution in [0.5, 0.6) is 5.88 Å². The first kappa shape index (κ1) is 10.7. The van der Waals surface area contributed by atoms with Gasteiger partial charge in [0.1, 0.15) is 5.02 Å². The van der Waals surface area contributed by atoms with Crippen LogP contribution in [0, 0.1) is 5.92 Å². The minimum Gasteiger partial charge on any atom is -0.477 e. The third kappa shape index (κ3) is 2.83. The van der Waals surface area contributed by atoms with Crippen LogP contribution in [0.25, 0.3) is 0 Å². The predicted octanol–water partition coefficient (Wildman–Crippen LogP) is 2.37. The van der Waals surface area contributed by atoms with Gasteiger partial charge in [-0.3, -0.25) is 0 Å². The summed E-state index contributed by atoms with van der Waals surface area (Å²) in [5.74, 6) is 1.38. The van der Waals surface area contributed by atoms with E-state index >= 15 is 0 Å². The van der Waals surface area contributed by atoms with Gasteiger partial charge < -0.3 is 10.5 Å². The highest BCUT2D eigenvalue weighted by Crippen LogP contribution is 2.33. The van der Waals surface area contributed by atoms with Gasteiger partial charge in [0, 0.05) is 12.7 Å². The highest BCUT2D eigenvalue weighted by atomic mass is 35.5. The zero-order valence-electron chi connectivity index (χ0n) is 8.58. The molecule has 0 amide bonds. The van der Waals surface area contributed by atoms with E-state index in [-0.39, 0.29) is 0 Å². The van der Waals surface area contributed by atoms with Crippen LogP contribution in [-0.4, -0.2) is 11.6 Å². The van der Waals surface area contributed by atoms with Gasteiger partial charge in [0.25, 0.3) is 0 Å². The smallest absolute Gasteiger partial charge is 0.232 e. The zero-order valence-corrected chi connectivity index (χ0v) is 9.33. The maximum absolute atomic E-state index is 6.07. The Bertz CT molecular complexity index is 339. The van der Waals surface area contributed by atoms with Crippen molar-refractivity contribution in [3.8, 4) is 5.88 Å². The summed E-state index contributed by atoms with van der Waals surface area (Å²) < 4.78 is 5.53. The van der Waals surface area contributed by atoms with Gasteiger partial charge in [-0.2, -0.15) is 0 Å². The molecule has 0 saturated heterocycles. The average molecular weight is 227 g/mol.